The fourth-order valence-electron chi connectivity index (χ4n) is 4.98. The van der Waals surface area contributed by atoms with Crippen molar-refractivity contribution in [2.45, 2.75) is 28.5 Å². The number of thioether (sulfide) groups is 2. The molecule has 1 N–H and O–H groups in total. The molecule has 0 saturated carbocycles. The van der Waals surface area contributed by atoms with Crippen LogP contribution >= 0.6 is 34.9 Å². The first-order chi connectivity index (χ1) is 20.5. The lowest BCUT2D eigenvalue weighted by Crippen LogP contribution is -2.81. The smallest absolute Gasteiger partial charge is 0.355 e. The number of ether oxygens (including phenoxy) is 1. The molecule has 8 nitrogen and oxygen atoms in total. The van der Waals surface area contributed by atoms with Gasteiger partial charge in [-0.3, -0.25) is 19.5 Å². The number of amides is 2. The Bertz CT molecular complexity index is 1550. The molecule has 42 heavy (non-hydrogen) atoms. The Balaban J connectivity index is 1.25. The van der Waals surface area contributed by atoms with E-state index in [0.29, 0.717) is 10.8 Å². The van der Waals surface area contributed by atoms with Gasteiger partial charge in [-0.2, -0.15) is 0 Å². The molecule has 11 heteroatoms. The van der Waals surface area contributed by atoms with Crippen molar-refractivity contribution >= 4 is 52.6 Å². The minimum Gasteiger partial charge on any atom is -0.448 e. The van der Waals surface area contributed by atoms with E-state index < -0.39 is 23.0 Å². The SMILES string of the molecule is O=C(Cc1cccs1)NC1(CSc2cnccn2)C(=O)N2C(C(=O)OC(c3ccccc3)c3ccccc3)=CCS[C@H]21. The Morgan fingerprint density at radius 2 is 1.79 bits per heavy atom. The average Bonchev–Trinajstić information content (AvgIpc) is 3.55. The number of carbonyl (C=O) groups excluding carboxylic acids is 3. The summed E-state index contributed by atoms with van der Waals surface area (Å²) in [5.41, 5.74) is 0.613. The van der Waals surface area contributed by atoms with Crippen LogP contribution in [0, 0.1) is 0 Å². The summed E-state index contributed by atoms with van der Waals surface area (Å²) < 4.78 is 6.09. The molecular weight excluding hydrogens is 589 g/mol. The highest BCUT2D eigenvalue weighted by Crippen LogP contribution is 2.47. The minimum atomic E-state index is -1.22. The average molecular weight is 615 g/mol. The molecule has 1 unspecified atom stereocenters. The monoisotopic (exact) mass is 614 g/mol. The first kappa shape index (κ1) is 28.2. The van der Waals surface area contributed by atoms with Crippen LogP contribution in [0.1, 0.15) is 22.1 Å². The number of aromatic nitrogens is 2. The van der Waals surface area contributed by atoms with Crippen LogP contribution in [-0.2, 0) is 25.5 Å². The number of nitrogens with one attached hydrogen (secondary N) is 1. The molecule has 2 aromatic carbocycles. The van der Waals surface area contributed by atoms with Gasteiger partial charge in [-0.05, 0) is 28.6 Å². The van der Waals surface area contributed by atoms with Gasteiger partial charge in [-0.1, -0.05) is 66.7 Å². The second-order valence-electron chi connectivity index (χ2n) is 9.66. The number of fused-ring (bicyclic) bond motifs is 1. The molecule has 0 radical (unpaired) electrons. The summed E-state index contributed by atoms with van der Waals surface area (Å²) in [6.45, 7) is 0. The summed E-state index contributed by atoms with van der Waals surface area (Å²) >= 11 is 4.33. The second kappa shape index (κ2) is 12.5. The third-order valence-electron chi connectivity index (χ3n) is 6.95. The van der Waals surface area contributed by atoms with E-state index in [1.165, 1.54) is 39.8 Å². The van der Waals surface area contributed by atoms with Gasteiger partial charge in [0.2, 0.25) is 5.91 Å². The molecule has 2 aliphatic rings. The molecule has 1 saturated heterocycles. The zero-order valence-corrected chi connectivity index (χ0v) is 24.7. The maximum Gasteiger partial charge on any atom is 0.355 e. The Hall–Kier alpha value is -3.93. The summed E-state index contributed by atoms with van der Waals surface area (Å²) in [6, 6.07) is 22.8. The first-order valence-corrected chi connectivity index (χ1v) is 16.1. The highest BCUT2D eigenvalue weighted by atomic mass is 32.2. The second-order valence-corrected chi connectivity index (χ2v) is 12.8. The van der Waals surface area contributed by atoms with E-state index in [9.17, 15) is 14.4 Å². The highest BCUT2D eigenvalue weighted by molar-refractivity contribution is 8.01. The normalized spacial score (nSPS) is 19.5. The number of carbonyl (C=O) groups is 3. The molecule has 2 aliphatic heterocycles. The van der Waals surface area contributed by atoms with E-state index in [2.05, 4.69) is 15.3 Å². The van der Waals surface area contributed by atoms with Gasteiger partial charge in [-0.15, -0.1) is 34.9 Å². The van der Waals surface area contributed by atoms with Gasteiger partial charge in [-0.25, -0.2) is 9.78 Å². The molecule has 0 bridgehead atoms. The molecule has 2 amide bonds. The zero-order chi connectivity index (χ0) is 28.9. The predicted octanol–water partition coefficient (Wildman–Crippen LogP) is 4.86. The van der Waals surface area contributed by atoms with Crippen LogP contribution in [0.5, 0.6) is 0 Å². The molecule has 6 rings (SSSR count). The van der Waals surface area contributed by atoms with E-state index in [-0.39, 0.29) is 29.7 Å². The predicted molar refractivity (Wildman–Crippen MR) is 164 cm³/mol. The van der Waals surface area contributed by atoms with Gasteiger partial charge < -0.3 is 10.1 Å². The first-order valence-electron chi connectivity index (χ1n) is 13.2. The molecule has 4 aromatic rings. The quantitative estimate of drug-likeness (QED) is 0.154. The number of nitrogens with zero attached hydrogens (tertiary/aromatic N) is 3. The number of thiophene rings is 1. The highest BCUT2D eigenvalue weighted by Gasteiger charge is 2.64. The number of esters is 1. The molecule has 0 spiro atoms. The van der Waals surface area contributed by atoms with Crippen molar-refractivity contribution in [2.75, 3.05) is 11.5 Å². The fourth-order valence-corrected chi connectivity index (χ4v) is 8.11. The molecule has 2 aromatic heterocycles. The molecule has 1 fully saturated rings. The van der Waals surface area contributed by atoms with Crippen molar-refractivity contribution in [1.82, 2.24) is 20.2 Å². The van der Waals surface area contributed by atoms with E-state index in [4.69, 9.17) is 4.74 Å². The molecule has 0 aliphatic carbocycles. The minimum absolute atomic E-state index is 0.167. The lowest BCUT2D eigenvalue weighted by molar-refractivity contribution is -0.160. The Morgan fingerprint density at radius 1 is 1.05 bits per heavy atom. The van der Waals surface area contributed by atoms with Gasteiger partial charge in [0, 0.05) is 28.8 Å². The topological polar surface area (TPSA) is 101 Å². The van der Waals surface area contributed by atoms with E-state index in [0.717, 1.165) is 16.0 Å². The molecular formula is C31H26N4O4S3. The maximum absolute atomic E-state index is 14.0. The maximum atomic E-state index is 14.0. The molecule has 2 atom stereocenters. The number of hydrogen-bond acceptors (Lipinski definition) is 9. The van der Waals surface area contributed by atoms with Crippen LogP contribution in [-0.4, -0.2) is 55.1 Å². The number of rotatable bonds is 10. The van der Waals surface area contributed by atoms with Crippen LogP contribution < -0.4 is 5.32 Å². The largest absolute Gasteiger partial charge is 0.448 e. The third kappa shape index (κ3) is 5.72. The van der Waals surface area contributed by atoms with Crippen molar-refractivity contribution in [1.29, 1.82) is 0 Å². The van der Waals surface area contributed by atoms with Crippen LogP contribution in [0.3, 0.4) is 0 Å². The fraction of sp³-hybridized carbons (Fsp3) is 0.194. The van der Waals surface area contributed by atoms with Crippen molar-refractivity contribution in [2.24, 2.45) is 0 Å². The van der Waals surface area contributed by atoms with Gasteiger partial charge >= 0.3 is 5.97 Å². The number of β-lactam (4-membered cyclic amide) rings is 1. The van der Waals surface area contributed by atoms with Gasteiger partial charge in [0.15, 0.2) is 11.6 Å². The Kier molecular flexibility index (Phi) is 8.41. The van der Waals surface area contributed by atoms with Crippen LogP contribution in [0.25, 0.3) is 0 Å². The van der Waals surface area contributed by atoms with Crippen molar-refractivity contribution < 1.29 is 19.1 Å². The number of hydrogen-bond donors (Lipinski definition) is 1. The summed E-state index contributed by atoms with van der Waals surface area (Å²) in [5, 5.41) is 5.11. The molecule has 212 valence electrons. The lowest BCUT2D eigenvalue weighted by atomic mass is 9.88. The zero-order valence-electron chi connectivity index (χ0n) is 22.3. The third-order valence-corrected chi connectivity index (χ3v) is 10.2. The van der Waals surface area contributed by atoms with Crippen molar-refractivity contribution in [3.8, 4) is 0 Å². The Labute approximate surface area is 255 Å². The molecule has 4 heterocycles. The Morgan fingerprint density at radius 3 is 2.43 bits per heavy atom. The van der Waals surface area contributed by atoms with Gasteiger partial charge in [0.25, 0.3) is 5.91 Å². The van der Waals surface area contributed by atoms with Crippen molar-refractivity contribution in [3.05, 3.63) is 125 Å². The summed E-state index contributed by atoms with van der Waals surface area (Å²) in [6.07, 6.45) is 6.03. The van der Waals surface area contributed by atoms with E-state index in [1.54, 1.807) is 24.7 Å². The van der Waals surface area contributed by atoms with Gasteiger partial charge in [0.1, 0.15) is 16.1 Å². The standard InChI is InChI=1S/C31H26N4O4S3/c36-25(18-23-12-7-16-40-23)34-31(20-42-26-19-32-14-15-33-26)29(38)35-24(13-17-41-30(31)35)28(37)39-27(21-8-3-1-4-9-21)22-10-5-2-6-11-22/h1-16,19,27,30H,17-18,20H2,(H,34,36)/t30-,31?/m0/s1. The lowest BCUT2D eigenvalue weighted by Gasteiger charge is -2.56. The van der Waals surface area contributed by atoms with Crippen LogP contribution in [0.2, 0.25) is 0 Å². The number of benzene rings is 2. The van der Waals surface area contributed by atoms with E-state index in [1.807, 2.05) is 78.2 Å². The summed E-state index contributed by atoms with van der Waals surface area (Å²) in [5.74, 6) is -0.467. The van der Waals surface area contributed by atoms with E-state index >= 15 is 0 Å². The van der Waals surface area contributed by atoms with Crippen LogP contribution in [0.15, 0.2) is 114 Å². The van der Waals surface area contributed by atoms with Gasteiger partial charge in [0.05, 0.1) is 12.6 Å². The summed E-state index contributed by atoms with van der Waals surface area (Å²) in [7, 11) is 0. The van der Waals surface area contributed by atoms with Crippen molar-refractivity contribution in [3.63, 3.8) is 0 Å². The summed E-state index contributed by atoms with van der Waals surface area (Å²) in [4.78, 5) is 51.7. The van der Waals surface area contributed by atoms with Crippen LogP contribution in [0.4, 0.5) is 0 Å².